The topological polar surface area (TPSA) is 69.2 Å². The van der Waals surface area contributed by atoms with Crippen LogP contribution in [-0.4, -0.2) is 4.92 Å². The van der Waals surface area contributed by atoms with Gasteiger partial charge < -0.3 is 5.73 Å². The van der Waals surface area contributed by atoms with E-state index in [1.807, 2.05) is 13.0 Å². The predicted octanol–water partition coefficient (Wildman–Crippen LogP) is 6.31. The van der Waals surface area contributed by atoms with Crippen LogP contribution in [0.3, 0.4) is 0 Å². The molecular weight excluding hydrogens is 459 g/mol. The number of aryl methyl sites for hydroxylation is 2. The van der Waals surface area contributed by atoms with Crippen LogP contribution >= 0.6 is 55.1 Å². The van der Waals surface area contributed by atoms with Gasteiger partial charge in [0, 0.05) is 15.0 Å². The minimum Gasteiger partial charge on any atom is -0.398 e. The zero-order chi connectivity index (χ0) is 17.0. The second-order valence-corrected chi connectivity index (χ2v) is 6.96. The van der Waals surface area contributed by atoms with E-state index in [0.29, 0.717) is 10.7 Å². The molecule has 8 heteroatoms. The van der Waals surface area contributed by atoms with Gasteiger partial charge in [0.05, 0.1) is 15.6 Å². The summed E-state index contributed by atoms with van der Waals surface area (Å²) in [6, 6.07) is 6.60. The standard InChI is InChI=1S/C7H5BrClNO2.C7H7BrClN/c1-4-2-7(10(11)12)6(9)3-5(4)8;1-4-2-7(10)6(9)3-5(4)8/h2-3H,1H3;2-3H,10H2,1H3. The number of nitrogen functional groups attached to an aromatic ring is 1. The van der Waals surface area contributed by atoms with E-state index in [1.165, 1.54) is 12.1 Å². The molecule has 0 atom stereocenters. The number of nitrogens with two attached hydrogens (primary N) is 1. The van der Waals surface area contributed by atoms with Gasteiger partial charge in [-0.1, -0.05) is 55.1 Å². The summed E-state index contributed by atoms with van der Waals surface area (Å²) in [6.45, 7) is 3.74. The van der Waals surface area contributed by atoms with Crippen molar-refractivity contribution in [3.63, 3.8) is 0 Å². The fraction of sp³-hybridized carbons (Fsp3) is 0.143. The molecule has 0 heterocycles. The van der Waals surface area contributed by atoms with Gasteiger partial charge in [-0.05, 0) is 43.2 Å². The third-order valence-electron chi connectivity index (χ3n) is 2.70. The second-order valence-electron chi connectivity index (χ2n) is 4.43. The Hall–Kier alpha value is -0.820. The first-order valence-electron chi connectivity index (χ1n) is 5.94. The third kappa shape index (κ3) is 5.12. The monoisotopic (exact) mass is 468 g/mol. The van der Waals surface area contributed by atoms with E-state index in [4.69, 9.17) is 28.9 Å². The summed E-state index contributed by atoms with van der Waals surface area (Å²) in [7, 11) is 0. The van der Waals surface area contributed by atoms with E-state index in [9.17, 15) is 10.1 Å². The Kier molecular flexibility index (Phi) is 7.12. The van der Waals surface area contributed by atoms with Crippen LogP contribution in [0, 0.1) is 24.0 Å². The number of hydrogen-bond acceptors (Lipinski definition) is 3. The summed E-state index contributed by atoms with van der Waals surface area (Å²) < 4.78 is 1.77. The molecule has 118 valence electrons. The normalized spacial score (nSPS) is 9.91. The molecule has 22 heavy (non-hydrogen) atoms. The van der Waals surface area contributed by atoms with Crippen molar-refractivity contribution < 1.29 is 4.92 Å². The zero-order valence-electron chi connectivity index (χ0n) is 11.7. The van der Waals surface area contributed by atoms with Crippen LogP contribution < -0.4 is 5.73 Å². The highest BCUT2D eigenvalue weighted by atomic mass is 79.9. The van der Waals surface area contributed by atoms with Gasteiger partial charge in [0.25, 0.3) is 5.69 Å². The maximum atomic E-state index is 10.4. The lowest BCUT2D eigenvalue weighted by Gasteiger charge is -2.01. The number of anilines is 1. The molecule has 2 aromatic rings. The lowest BCUT2D eigenvalue weighted by atomic mass is 10.2. The van der Waals surface area contributed by atoms with Gasteiger partial charge in [-0.2, -0.15) is 0 Å². The third-order valence-corrected chi connectivity index (χ3v) is 5.04. The first-order chi connectivity index (χ1) is 10.1. The van der Waals surface area contributed by atoms with Crippen LogP contribution in [0.15, 0.2) is 33.2 Å². The Morgan fingerprint density at radius 2 is 1.45 bits per heavy atom. The Balaban J connectivity index is 0.000000224. The Morgan fingerprint density at radius 3 is 1.91 bits per heavy atom. The molecule has 0 unspecified atom stereocenters. The average molecular weight is 471 g/mol. The van der Waals surface area contributed by atoms with Crippen molar-refractivity contribution in [2.24, 2.45) is 0 Å². The molecule has 0 amide bonds. The summed E-state index contributed by atoms with van der Waals surface area (Å²) in [6.07, 6.45) is 0. The summed E-state index contributed by atoms with van der Waals surface area (Å²) in [4.78, 5) is 9.89. The van der Waals surface area contributed by atoms with E-state index in [1.54, 1.807) is 13.0 Å². The molecule has 0 bridgehead atoms. The van der Waals surface area contributed by atoms with Crippen molar-refractivity contribution in [2.45, 2.75) is 13.8 Å². The molecule has 2 aromatic carbocycles. The number of hydrogen-bond donors (Lipinski definition) is 1. The minimum absolute atomic E-state index is 0.0580. The summed E-state index contributed by atoms with van der Waals surface area (Å²) in [5, 5.41) is 11.1. The molecule has 0 spiro atoms. The highest BCUT2D eigenvalue weighted by Gasteiger charge is 2.13. The first-order valence-corrected chi connectivity index (χ1v) is 8.28. The van der Waals surface area contributed by atoms with E-state index >= 15 is 0 Å². The van der Waals surface area contributed by atoms with E-state index in [0.717, 1.165) is 20.1 Å². The first kappa shape index (κ1) is 19.2. The molecule has 0 saturated carbocycles. The molecule has 0 radical (unpaired) electrons. The van der Waals surface area contributed by atoms with Crippen LogP contribution in [0.5, 0.6) is 0 Å². The number of halogens is 4. The Labute approximate surface area is 155 Å². The smallest absolute Gasteiger partial charge is 0.288 e. The second kappa shape index (κ2) is 8.15. The van der Waals surface area contributed by atoms with Crippen LogP contribution in [0.25, 0.3) is 0 Å². The molecule has 0 aromatic heterocycles. The molecule has 4 nitrogen and oxygen atoms in total. The van der Waals surface area contributed by atoms with E-state index in [-0.39, 0.29) is 10.7 Å². The zero-order valence-corrected chi connectivity index (χ0v) is 16.3. The summed E-state index contributed by atoms with van der Waals surface area (Å²) in [5.74, 6) is 0. The van der Waals surface area contributed by atoms with Gasteiger partial charge in [-0.15, -0.1) is 0 Å². The average Bonchev–Trinajstić information content (AvgIpc) is 2.41. The lowest BCUT2D eigenvalue weighted by molar-refractivity contribution is -0.384. The maximum absolute atomic E-state index is 10.4. The SMILES string of the molecule is Cc1cc(N)c(Cl)cc1Br.Cc1cc([N+](=O)[O-])c(Cl)cc1Br. The molecular formula is C14H12Br2Cl2N2O2. The van der Waals surface area contributed by atoms with Gasteiger partial charge in [-0.3, -0.25) is 10.1 Å². The summed E-state index contributed by atoms with van der Waals surface area (Å²) in [5.41, 5.74) is 8.00. The predicted molar refractivity (Wildman–Crippen MR) is 98.8 cm³/mol. The van der Waals surface area contributed by atoms with Crippen molar-refractivity contribution in [2.75, 3.05) is 5.73 Å². The molecule has 0 saturated heterocycles. The number of nitro benzene ring substituents is 1. The van der Waals surface area contributed by atoms with Gasteiger partial charge in [-0.25, -0.2) is 0 Å². The quantitative estimate of drug-likeness (QED) is 0.301. The van der Waals surface area contributed by atoms with Crippen molar-refractivity contribution >= 4 is 66.4 Å². The van der Waals surface area contributed by atoms with Crippen molar-refractivity contribution in [3.05, 3.63) is 64.5 Å². The van der Waals surface area contributed by atoms with Gasteiger partial charge in [0.2, 0.25) is 0 Å². The van der Waals surface area contributed by atoms with Crippen molar-refractivity contribution in [3.8, 4) is 0 Å². The van der Waals surface area contributed by atoms with Gasteiger partial charge in [0.1, 0.15) is 5.02 Å². The largest absolute Gasteiger partial charge is 0.398 e. The van der Waals surface area contributed by atoms with Gasteiger partial charge in [0.15, 0.2) is 0 Å². The molecule has 2 N–H and O–H groups in total. The minimum atomic E-state index is -0.498. The van der Waals surface area contributed by atoms with E-state index in [2.05, 4.69) is 31.9 Å². The van der Waals surface area contributed by atoms with Crippen LogP contribution in [0.2, 0.25) is 10.0 Å². The van der Waals surface area contributed by atoms with Gasteiger partial charge >= 0.3 is 0 Å². The molecule has 0 aliphatic carbocycles. The molecule has 0 aliphatic heterocycles. The fourth-order valence-electron chi connectivity index (χ4n) is 1.46. The van der Waals surface area contributed by atoms with Crippen LogP contribution in [-0.2, 0) is 0 Å². The van der Waals surface area contributed by atoms with Crippen molar-refractivity contribution in [1.82, 2.24) is 0 Å². The molecule has 2 rings (SSSR count). The van der Waals surface area contributed by atoms with Crippen LogP contribution in [0.1, 0.15) is 11.1 Å². The van der Waals surface area contributed by atoms with Crippen molar-refractivity contribution in [1.29, 1.82) is 0 Å². The number of nitro groups is 1. The Morgan fingerprint density at radius 1 is 1.00 bits per heavy atom. The fourth-order valence-corrected chi connectivity index (χ4v) is 2.81. The summed E-state index contributed by atoms with van der Waals surface area (Å²) >= 11 is 17.9. The highest BCUT2D eigenvalue weighted by molar-refractivity contribution is 9.10. The molecule has 0 aliphatic rings. The lowest BCUT2D eigenvalue weighted by Crippen LogP contribution is -1.90. The molecule has 0 fully saturated rings. The number of nitrogens with zero attached hydrogens (tertiary/aromatic N) is 1. The van der Waals surface area contributed by atoms with Crippen LogP contribution in [0.4, 0.5) is 11.4 Å². The highest BCUT2D eigenvalue weighted by Crippen LogP contribution is 2.30. The number of benzene rings is 2. The van der Waals surface area contributed by atoms with E-state index < -0.39 is 4.92 Å². The number of rotatable bonds is 1. The maximum Gasteiger partial charge on any atom is 0.288 e. The Bertz CT molecular complexity index is 674.